The number of fused-ring (bicyclic) bond motifs is 1. The van der Waals surface area contributed by atoms with Crippen molar-refractivity contribution >= 4 is 28.9 Å². The highest BCUT2D eigenvalue weighted by atomic mass is 35.5. The summed E-state index contributed by atoms with van der Waals surface area (Å²) < 4.78 is 5.20. The monoisotopic (exact) mass is 374 g/mol. The molecule has 3 rings (SSSR count). The van der Waals surface area contributed by atoms with E-state index in [1.165, 1.54) is 6.07 Å². The summed E-state index contributed by atoms with van der Waals surface area (Å²) in [6.07, 6.45) is 1.41. The maximum atomic E-state index is 12.8. The van der Waals surface area contributed by atoms with Crippen molar-refractivity contribution in [1.82, 2.24) is 0 Å². The average molecular weight is 375 g/mol. The van der Waals surface area contributed by atoms with E-state index in [0.29, 0.717) is 30.0 Å². The minimum Gasteiger partial charge on any atom is -0.495 e. The van der Waals surface area contributed by atoms with Crippen molar-refractivity contribution in [2.24, 2.45) is 0 Å². The van der Waals surface area contributed by atoms with Gasteiger partial charge in [0.15, 0.2) is 0 Å². The predicted molar refractivity (Wildman–Crippen MR) is 100 cm³/mol. The fourth-order valence-corrected chi connectivity index (χ4v) is 3.68. The molecule has 6 nitrogen and oxygen atoms in total. The standard InChI is InChI=1S/C19H19ClN2O4/c1-12-10-14-11-15(22(24)25)7-8-16(14)21(12)18(23)9-6-13-4-3-5-17(26-2)19(13)20/h3-5,7-8,11-12H,6,9-10H2,1-2H3/t12-/m0/s1. The molecule has 0 N–H and O–H groups in total. The summed E-state index contributed by atoms with van der Waals surface area (Å²) in [6, 6.07) is 10.1. The summed E-state index contributed by atoms with van der Waals surface area (Å²) in [4.78, 5) is 25.1. The van der Waals surface area contributed by atoms with Gasteiger partial charge in [0.25, 0.3) is 5.69 Å². The van der Waals surface area contributed by atoms with Crippen LogP contribution in [0, 0.1) is 10.1 Å². The van der Waals surface area contributed by atoms with Crippen molar-refractivity contribution in [3.05, 3.63) is 62.7 Å². The molecule has 1 heterocycles. The zero-order chi connectivity index (χ0) is 18.8. The predicted octanol–water partition coefficient (Wildman–Crippen LogP) is 4.17. The lowest BCUT2D eigenvalue weighted by molar-refractivity contribution is -0.384. The van der Waals surface area contributed by atoms with Crippen molar-refractivity contribution in [3.63, 3.8) is 0 Å². The van der Waals surface area contributed by atoms with Crippen LogP contribution in [-0.2, 0) is 17.6 Å². The number of nitro benzene ring substituents is 1. The van der Waals surface area contributed by atoms with Crippen molar-refractivity contribution in [3.8, 4) is 5.75 Å². The molecule has 2 aromatic rings. The van der Waals surface area contributed by atoms with E-state index in [4.69, 9.17) is 16.3 Å². The van der Waals surface area contributed by atoms with Gasteiger partial charge >= 0.3 is 0 Å². The van der Waals surface area contributed by atoms with Crippen LogP contribution in [-0.4, -0.2) is 24.0 Å². The van der Waals surface area contributed by atoms with Crippen LogP contribution in [0.15, 0.2) is 36.4 Å². The number of methoxy groups -OCH3 is 1. The molecule has 0 spiro atoms. The van der Waals surface area contributed by atoms with E-state index >= 15 is 0 Å². The molecule has 0 unspecified atom stereocenters. The third kappa shape index (κ3) is 3.37. The molecule has 0 aliphatic carbocycles. The van der Waals surface area contributed by atoms with Crippen LogP contribution >= 0.6 is 11.6 Å². The van der Waals surface area contributed by atoms with E-state index in [1.807, 2.05) is 19.1 Å². The fraction of sp³-hybridized carbons (Fsp3) is 0.316. The van der Waals surface area contributed by atoms with E-state index in [-0.39, 0.29) is 17.6 Å². The first-order valence-electron chi connectivity index (χ1n) is 8.33. The van der Waals surface area contributed by atoms with Gasteiger partial charge in [-0.15, -0.1) is 0 Å². The highest BCUT2D eigenvalue weighted by Crippen LogP contribution is 2.35. The first-order chi connectivity index (χ1) is 12.4. The Labute approximate surface area is 156 Å². The van der Waals surface area contributed by atoms with Crippen molar-refractivity contribution in [1.29, 1.82) is 0 Å². The zero-order valence-electron chi connectivity index (χ0n) is 14.6. The van der Waals surface area contributed by atoms with Crippen LogP contribution in [0.25, 0.3) is 0 Å². The van der Waals surface area contributed by atoms with Crippen LogP contribution in [0.4, 0.5) is 11.4 Å². The molecular formula is C19H19ClN2O4. The largest absolute Gasteiger partial charge is 0.495 e. The minimum atomic E-state index is -0.416. The van der Waals surface area contributed by atoms with Gasteiger partial charge in [-0.3, -0.25) is 14.9 Å². The smallest absolute Gasteiger partial charge is 0.269 e. The number of non-ortho nitro benzene ring substituents is 1. The van der Waals surface area contributed by atoms with Crippen molar-refractivity contribution in [2.75, 3.05) is 12.0 Å². The molecule has 1 aliphatic rings. The molecule has 7 heteroatoms. The van der Waals surface area contributed by atoms with Gasteiger partial charge in [0.05, 0.1) is 17.1 Å². The van der Waals surface area contributed by atoms with Crippen molar-refractivity contribution < 1.29 is 14.5 Å². The topological polar surface area (TPSA) is 72.7 Å². The number of ether oxygens (including phenoxy) is 1. The number of nitro groups is 1. The lowest BCUT2D eigenvalue weighted by atomic mass is 10.1. The summed E-state index contributed by atoms with van der Waals surface area (Å²) in [5.41, 5.74) is 2.49. The second-order valence-corrected chi connectivity index (χ2v) is 6.70. The number of carbonyl (C=O) groups excluding carboxylic acids is 1. The summed E-state index contributed by atoms with van der Waals surface area (Å²) in [6.45, 7) is 1.95. The lowest BCUT2D eigenvalue weighted by Gasteiger charge is -2.23. The number of rotatable bonds is 5. The molecule has 0 bridgehead atoms. The van der Waals surface area contributed by atoms with Gasteiger partial charge in [-0.05, 0) is 43.0 Å². The highest BCUT2D eigenvalue weighted by Gasteiger charge is 2.31. The molecule has 0 saturated carbocycles. The van der Waals surface area contributed by atoms with Crippen LogP contribution in [0.5, 0.6) is 5.75 Å². The Kier molecular flexibility index (Phi) is 5.13. The minimum absolute atomic E-state index is 0.0241. The third-order valence-corrected chi connectivity index (χ3v) is 5.06. The number of carbonyl (C=O) groups is 1. The second-order valence-electron chi connectivity index (χ2n) is 6.32. The highest BCUT2D eigenvalue weighted by molar-refractivity contribution is 6.32. The molecule has 0 saturated heterocycles. The van der Waals surface area contributed by atoms with E-state index in [9.17, 15) is 14.9 Å². The van der Waals surface area contributed by atoms with E-state index in [2.05, 4.69) is 0 Å². The Balaban J connectivity index is 1.76. The van der Waals surface area contributed by atoms with E-state index in [1.54, 1.807) is 30.2 Å². The number of amides is 1. The van der Waals surface area contributed by atoms with Crippen molar-refractivity contribution in [2.45, 2.75) is 32.2 Å². The number of halogens is 1. The number of hydrogen-bond acceptors (Lipinski definition) is 4. The van der Waals surface area contributed by atoms with E-state index in [0.717, 1.165) is 16.8 Å². The Bertz CT molecular complexity index is 869. The zero-order valence-corrected chi connectivity index (χ0v) is 15.3. The fourth-order valence-electron chi connectivity index (χ4n) is 3.38. The Hall–Kier alpha value is -2.60. The molecule has 1 amide bonds. The summed E-state index contributed by atoms with van der Waals surface area (Å²) >= 11 is 6.30. The van der Waals surface area contributed by atoms with Crippen LogP contribution < -0.4 is 9.64 Å². The quantitative estimate of drug-likeness (QED) is 0.581. The number of aryl methyl sites for hydroxylation is 1. The Morgan fingerprint density at radius 2 is 2.15 bits per heavy atom. The van der Waals surface area contributed by atoms with Crippen LogP contribution in [0.3, 0.4) is 0 Å². The summed E-state index contributed by atoms with van der Waals surface area (Å²) in [5, 5.41) is 11.5. The third-order valence-electron chi connectivity index (χ3n) is 4.63. The molecule has 0 fully saturated rings. The number of benzene rings is 2. The lowest BCUT2D eigenvalue weighted by Crippen LogP contribution is -2.35. The molecule has 26 heavy (non-hydrogen) atoms. The van der Waals surface area contributed by atoms with Gasteiger partial charge in [0.2, 0.25) is 5.91 Å². The van der Waals surface area contributed by atoms with Gasteiger partial charge in [-0.25, -0.2) is 0 Å². The first-order valence-corrected chi connectivity index (χ1v) is 8.71. The Morgan fingerprint density at radius 3 is 2.85 bits per heavy atom. The number of hydrogen-bond donors (Lipinski definition) is 0. The average Bonchev–Trinajstić information content (AvgIpc) is 2.95. The molecule has 2 aromatic carbocycles. The maximum Gasteiger partial charge on any atom is 0.269 e. The summed E-state index contributed by atoms with van der Waals surface area (Å²) in [5.74, 6) is 0.563. The SMILES string of the molecule is COc1cccc(CCC(=O)N2c3ccc([N+](=O)[O-])cc3C[C@@H]2C)c1Cl. The van der Waals surface area contributed by atoms with Gasteiger partial charge in [-0.1, -0.05) is 23.7 Å². The summed E-state index contributed by atoms with van der Waals surface area (Å²) in [7, 11) is 1.55. The normalized spacial score (nSPS) is 15.7. The van der Waals surface area contributed by atoms with Crippen LogP contribution in [0.2, 0.25) is 5.02 Å². The molecule has 0 aromatic heterocycles. The van der Waals surface area contributed by atoms with Crippen LogP contribution in [0.1, 0.15) is 24.5 Å². The molecule has 0 radical (unpaired) electrons. The number of anilines is 1. The molecular weight excluding hydrogens is 356 g/mol. The number of nitrogens with zero attached hydrogens (tertiary/aromatic N) is 2. The molecule has 1 atom stereocenters. The van der Waals surface area contributed by atoms with Gasteiger partial charge in [0, 0.05) is 30.3 Å². The molecule has 136 valence electrons. The van der Waals surface area contributed by atoms with E-state index < -0.39 is 4.92 Å². The second kappa shape index (κ2) is 7.33. The Morgan fingerprint density at radius 1 is 1.38 bits per heavy atom. The maximum absolute atomic E-state index is 12.8. The first kappa shape index (κ1) is 18.2. The van der Waals surface area contributed by atoms with Gasteiger partial charge < -0.3 is 9.64 Å². The van der Waals surface area contributed by atoms with Gasteiger partial charge in [-0.2, -0.15) is 0 Å². The van der Waals surface area contributed by atoms with Gasteiger partial charge in [0.1, 0.15) is 5.75 Å². The molecule has 1 aliphatic heterocycles.